The lowest BCUT2D eigenvalue weighted by Gasteiger charge is -2.31. The van der Waals surface area contributed by atoms with Crippen LogP contribution in [-0.2, 0) is 16.3 Å². The summed E-state index contributed by atoms with van der Waals surface area (Å²) in [6.07, 6.45) is 1.65. The molecule has 4 rings (SSSR count). The molecule has 0 aliphatic carbocycles. The Kier molecular flexibility index (Phi) is 7.38. The van der Waals surface area contributed by atoms with Crippen molar-refractivity contribution in [2.24, 2.45) is 0 Å². The van der Waals surface area contributed by atoms with E-state index in [9.17, 15) is 8.42 Å². The predicted octanol–water partition coefficient (Wildman–Crippen LogP) is 5.50. The van der Waals surface area contributed by atoms with Crippen LogP contribution in [0.2, 0.25) is 10.0 Å². The van der Waals surface area contributed by atoms with E-state index in [1.54, 1.807) is 37.7 Å². The number of thiazole rings is 1. The first-order valence-electron chi connectivity index (χ1n) is 10.4. The lowest BCUT2D eigenvalue weighted by molar-refractivity contribution is 0.391. The van der Waals surface area contributed by atoms with E-state index in [0.717, 1.165) is 27.9 Å². The quantitative estimate of drug-likeness (QED) is 0.404. The number of benzene rings is 2. The Morgan fingerprint density at radius 3 is 2.58 bits per heavy atom. The van der Waals surface area contributed by atoms with Gasteiger partial charge in [0, 0.05) is 36.5 Å². The zero-order valence-electron chi connectivity index (χ0n) is 18.3. The predicted molar refractivity (Wildman–Crippen MR) is 133 cm³/mol. The summed E-state index contributed by atoms with van der Waals surface area (Å²) in [5.41, 5.74) is 1.97. The van der Waals surface area contributed by atoms with Crippen molar-refractivity contribution in [1.29, 1.82) is 0 Å². The van der Waals surface area contributed by atoms with Gasteiger partial charge in [0.2, 0.25) is 0 Å². The molecule has 2 heterocycles. The van der Waals surface area contributed by atoms with Crippen molar-refractivity contribution < 1.29 is 17.9 Å². The number of piperidine rings is 1. The van der Waals surface area contributed by atoms with E-state index >= 15 is 0 Å². The molecule has 0 N–H and O–H groups in total. The maximum atomic E-state index is 13.1. The maximum absolute atomic E-state index is 13.1. The summed E-state index contributed by atoms with van der Waals surface area (Å²) in [6.45, 7) is 1.22. The Labute approximate surface area is 208 Å². The van der Waals surface area contributed by atoms with Crippen molar-refractivity contribution in [1.82, 2.24) is 4.98 Å². The largest absolute Gasteiger partial charge is 0.497 e. The third kappa shape index (κ3) is 5.09. The van der Waals surface area contributed by atoms with Gasteiger partial charge < -0.3 is 14.4 Å². The van der Waals surface area contributed by atoms with Crippen LogP contribution < -0.4 is 14.4 Å². The molecule has 0 radical (unpaired) electrons. The zero-order chi connectivity index (χ0) is 23.6. The molecule has 0 spiro atoms. The smallest absolute Gasteiger partial charge is 0.185 e. The molecule has 1 saturated heterocycles. The summed E-state index contributed by atoms with van der Waals surface area (Å²) in [7, 11) is -0.291. The molecule has 0 unspecified atom stereocenters. The number of anilines is 1. The highest BCUT2D eigenvalue weighted by Gasteiger charge is 2.33. The zero-order valence-corrected chi connectivity index (χ0v) is 21.4. The van der Waals surface area contributed by atoms with Crippen LogP contribution in [0.4, 0.5) is 5.13 Å². The standard InChI is InChI=1S/C23H24Cl2N2O4S2/c1-30-17-7-6-15(20(13-17)31-2)12-16-14-32-23(26-16)27-10-8-18(9-11-27)33(28,29)21-5-3-4-19(24)22(21)25/h3-7,13-14,18H,8-12H2,1-2H3. The molecular weight excluding hydrogens is 503 g/mol. The Balaban J connectivity index is 1.43. The normalized spacial score (nSPS) is 15.0. The Bertz CT molecular complexity index is 1240. The van der Waals surface area contributed by atoms with E-state index in [-0.39, 0.29) is 14.9 Å². The molecule has 1 fully saturated rings. The fraction of sp³-hybridized carbons (Fsp3) is 0.348. The van der Waals surface area contributed by atoms with Crippen LogP contribution in [-0.4, -0.2) is 46.0 Å². The van der Waals surface area contributed by atoms with Crippen LogP contribution in [0, 0.1) is 0 Å². The van der Waals surface area contributed by atoms with Crippen molar-refractivity contribution in [3.05, 3.63) is 63.1 Å². The van der Waals surface area contributed by atoms with Crippen LogP contribution in [0.3, 0.4) is 0 Å². The molecule has 0 amide bonds. The van der Waals surface area contributed by atoms with E-state index in [2.05, 4.69) is 4.90 Å². The van der Waals surface area contributed by atoms with E-state index in [0.29, 0.717) is 32.4 Å². The number of rotatable bonds is 7. The van der Waals surface area contributed by atoms with Crippen LogP contribution in [0.1, 0.15) is 24.1 Å². The molecule has 6 nitrogen and oxygen atoms in total. The molecule has 0 atom stereocenters. The molecule has 2 aromatic carbocycles. The van der Waals surface area contributed by atoms with Gasteiger partial charge >= 0.3 is 0 Å². The minimum atomic E-state index is -3.55. The average Bonchev–Trinajstić information content (AvgIpc) is 3.29. The minimum Gasteiger partial charge on any atom is -0.497 e. The molecule has 1 aromatic heterocycles. The van der Waals surface area contributed by atoms with Gasteiger partial charge in [-0.05, 0) is 31.0 Å². The second kappa shape index (κ2) is 10.1. The lowest BCUT2D eigenvalue weighted by Crippen LogP contribution is -2.39. The van der Waals surface area contributed by atoms with E-state index in [1.165, 1.54) is 6.07 Å². The third-order valence-electron chi connectivity index (χ3n) is 5.78. The summed E-state index contributed by atoms with van der Waals surface area (Å²) in [4.78, 5) is 7.04. The summed E-state index contributed by atoms with van der Waals surface area (Å²) in [5.74, 6) is 1.50. The molecule has 176 valence electrons. The van der Waals surface area contributed by atoms with Crippen molar-refractivity contribution in [3.8, 4) is 11.5 Å². The van der Waals surface area contributed by atoms with Crippen molar-refractivity contribution in [2.45, 2.75) is 29.4 Å². The second-order valence-electron chi connectivity index (χ2n) is 7.76. The Morgan fingerprint density at radius 1 is 1.12 bits per heavy atom. The van der Waals surface area contributed by atoms with Gasteiger partial charge in [-0.25, -0.2) is 13.4 Å². The molecule has 0 saturated carbocycles. The fourth-order valence-corrected chi connectivity index (χ4v) is 7.33. The highest BCUT2D eigenvalue weighted by molar-refractivity contribution is 7.92. The Hall–Kier alpha value is -2.00. The number of sulfone groups is 1. The van der Waals surface area contributed by atoms with Crippen molar-refractivity contribution >= 4 is 49.5 Å². The summed E-state index contributed by atoms with van der Waals surface area (Å²) >= 11 is 13.8. The molecule has 0 bridgehead atoms. The number of aromatic nitrogens is 1. The molecular formula is C23H24Cl2N2O4S2. The first-order chi connectivity index (χ1) is 15.8. The summed E-state index contributed by atoms with van der Waals surface area (Å²) in [5, 5.41) is 2.79. The maximum Gasteiger partial charge on any atom is 0.185 e. The second-order valence-corrected chi connectivity index (χ2v) is 11.6. The molecule has 1 aliphatic heterocycles. The SMILES string of the molecule is COc1ccc(Cc2csc(N3CCC(S(=O)(=O)c4cccc(Cl)c4Cl)CC3)n2)c(OC)c1. The van der Waals surface area contributed by atoms with Crippen molar-refractivity contribution in [2.75, 3.05) is 32.2 Å². The highest BCUT2D eigenvalue weighted by Crippen LogP contribution is 2.35. The lowest BCUT2D eigenvalue weighted by atomic mass is 10.1. The van der Waals surface area contributed by atoms with E-state index in [4.69, 9.17) is 37.7 Å². The topological polar surface area (TPSA) is 68.7 Å². The van der Waals surface area contributed by atoms with Gasteiger partial charge in [-0.15, -0.1) is 11.3 Å². The summed E-state index contributed by atoms with van der Waals surface area (Å²) < 4.78 is 37.0. The molecule has 10 heteroatoms. The van der Waals surface area contributed by atoms with Gasteiger partial charge in [0.05, 0.1) is 40.1 Å². The van der Waals surface area contributed by atoms with Gasteiger partial charge in [0.1, 0.15) is 11.5 Å². The van der Waals surface area contributed by atoms with Crippen molar-refractivity contribution in [3.63, 3.8) is 0 Å². The third-order valence-corrected chi connectivity index (χ3v) is 9.96. The van der Waals surface area contributed by atoms with Gasteiger partial charge in [-0.3, -0.25) is 0 Å². The number of hydrogen-bond donors (Lipinski definition) is 0. The minimum absolute atomic E-state index is 0.0973. The molecule has 3 aromatic rings. The number of halogens is 2. The number of nitrogens with zero attached hydrogens (tertiary/aromatic N) is 2. The monoisotopic (exact) mass is 526 g/mol. The number of methoxy groups -OCH3 is 2. The van der Waals surface area contributed by atoms with E-state index < -0.39 is 15.1 Å². The Morgan fingerprint density at radius 2 is 1.88 bits per heavy atom. The fourth-order valence-electron chi connectivity index (χ4n) is 3.96. The van der Waals surface area contributed by atoms with Gasteiger partial charge in [-0.1, -0.05) is 35.3 Å². The van der Waals surface area contributed by atoms with Gasteiger partial charge in [0.15, 0.2) is 15.0 Å². The van der Waals surface area contributed by atoms with Crippen LogP contribution in [0.15, 0.2) is 46.7 Å². The van der Waals surface area contributed by atoms with Crippen LogP contribution in [0.25, 0.3) is 0 Å². The number of ether oxygens (including phenoxy) is 2. The summed E-state index contributed by atoms with van der Waals surface area (Å²) in [6, 6.07) is 10.5. The highest BCUT2D eigenvalue weighted by atomic mass is 35.5. The van der Waals surface area contributed by atoms with Gasteiger partial charge in [-0.2, -0.15) is 0 Å². The van der Waals surface area contributed by atoms with Crippen LogP contribution >= 0.6 is 34.5 Å². The molecule has 33 heavy (non-hydrogen) atoms. The van der Waals surface area contributed by atoms with Gasteiger partial charge in [0.25, 0.3) is 0 Å². The molecule has 1 aliphatic rings. The van der Waals surface area contributed by atoms with E-state index in [1.807, 2.05) is 23.6 Å². The first kappa shape index (κ1) is 24.1. The average molecular weight is 527 g/mol. The first-order valence-corrected chi connectivity index (χ1v) is 13.6. The number of hydrogen-bond acceptors (Lipinski definition) is 7. The van der Waals surface area contributed by atoms with Crippen LogP contribution in [0.5, 0.6) is 11.5 Å².